The quantitative estimate of drug-likeness (QED) is 0.201. The second-order valence-corrected chi connectivity index (χ2v) is 11.5. The number of aromatic nitrogens is 1. The first-order valence-corrected chi connectivity index (χ1v) is 15.0. The van der Waals surface area contributed by atoms with Gasteiger partial charge in [-0.3, -0.25) is 0 Å². The molecule has 1 nitrogen and oxygen atoms in total. The van der Waals surface area contributed by atoms with E-state index in [-0.39, 0.29) is 5.82 Å². The summed E-state index contributed by atoms with van der Waals surface area (Å²) in [4.78, 5) is 0. The van der Waals surface area contributed by atoms with E-state index in [1.54, 1.807) is 12.1 Å². The second kappa shape index (κ2) is 9.65. The van der Waals surface area contributed by atoms with E-state index >= 15 is 0 Å². The number of nitrogens with zero attached hydrogens (tertiary/aromatic N) is 1. The van der Waals surface area contributed by atoms with Gasteiger partial charge in [-0.15, -0.1) is 0 Å². The predicted molar refractivity (Wildman–Crippen MR) is 183 cm³/mol. The predicted octanol–water partition coefficient (Wildman–Crippen LogP) is 11.6. The van der Waals surface area contributed by atoms with Gasteiger partial charge in [0.1, 0.15) is 5.82 Å². The third-order valence-corrected chi connectivity index (χ3v) is 8.98. The van der Waals surface area contributed by atoms with E-state index in [1.165, 1.54) is 27.8 Å². The Hall–Kier alpha value is -5.73. The van der Waals surface area contributed by atoms with Gasteiger partial charge in [0, 0.05) is 21.5 Å². The number of halogens is 1. The molecule has 0 N–H and O–H groups in total. The van der Waals surface area contributed by atoms with Crippen LogP contribution in [0.2, 0.25) is 0 Å². The maximum absolute atomic E-state index is 14.9. The van der Waals surface area contributed by atoms with Crippen molar-refractivity contribution in [3.8, 4) is 44.5 Å². The van der Waals surface area contributed by atoms with E-state index in [0.717, 1.165) is 54.8 Å². The third kappa shape index (κ3) is 3.85. The topological polar surface area (TPSA) is 4.41 Å². The summed E-state index contributed by atoms with van der Waals surface area (Å²) in [5.74, 6) is -0.203. The summed E-state index contributed by atoms with van der Waals surface area (Å²) in [6.45, 7) is 0. The largest absolute Gasteiger partial charge is 0.308 e. The maximum atomic E-state index is 14.9. The van der Waals surface area contributed by atoms with Crippen molar-refractivity contribution in [2.45, 2.75) is 0 Å². The molecule has 0 aliphatic rings. The molecule has 2 heterocycles. The van der Waals surface area contributed by atoms with Crippen LogP contribution in [0.25, 0.3) is 82.6 Å². The number of fused-ring (bicyclic) bond motifs is 6. The van der Waals surface area contributed by atoms with Crippen LogP contribution in [-0.4, -0.2) is 4.40 Å². The highest BCUT2D eigenvalue weighted by Gasteiger charge is 2.19. The highest BCUT2D eigenvalue weighted by molar-refractivity contribution is 6.23. The second-order valence-electron chi connectivity index (χ2n) is 11.5. The number of benzene rings is 7. The van der Waals surface area contributed by atoms with Crippen molar-refractivity contribution < 1.29 is 4.39 Å². The lowest BCUT2D eigenvalue weighted by Gasteiger charge is -2.10. The van der Waals surface area contributed by atoms with Crippen LogP contribution in [0.3, 0.4) is 0 Å². The normalized spacial score (nSPS) is 11.8. The Morgan fingerprint density at radius 2 is 0.773 bits per heavy atom. The molecule has 0 fully saturated rings. The first kappa shape index (κ1) is 24.8. The molecule has 2 aromatic heterocycles. The van der Waals surface area contributed by atoms with Crippen LogP contribution in [-0.2, 0) is 0 Å². The minimum Gasteiger partial charge on any atom is -0.308 e. The van der Waals surface area contributed by atoms with Crippen molar-refractivity contribution in [3.05, 3.63) is 164 Å². The third-order valence-electron chi connectivity index (χ3n) is 8.98. The van der Waals surface area contributed by atoms with Crippen LogP contribution >= 0.6 is 0 Å². The van der Waals surface area contributed by atoms with Gasteiger partial charge in [-0.2, -0.15) is 0 Å². The number of hydrogen-bond acceptors (Lipinski definition) is 0. The Morgan fingerprint density at radius 3 is 1.45 bits per heavy atom. The van der Waals surface area contributed by atoms with Gasteiger partial charge in [0.2, 0.25) is 0 Å². The van der Waals surface area contributed by atoms with Crippen molar-refractivity contribution in [3.63, 3.8) is 0 Å². The summed E-state index contributed by atoms with van der Waals surface area (Å²) in [6, 6.07) is 54.9. The molecule has 44 heavy (non-hydrogen) atoms. The van der Waals surface area contributed by atoms with Crippen LogP contribution in [0, 0.1) is 5.82 Å². The molecule has 0 unspecified atom stereocenters. The number of para-hydroxylation sites is 1. The summed E-state index contributed by atoms with van der Waals surface area (Å²) in [6.07, 6.45) is 0. The lowest BCUT2D eigenvalue weighted by Crippen LogP contribution is -1.85. The SMILES string of the molecule is Fc1cc2c3ccccc3n3c4ccc(-c5cccc(-c6cccc(-c7ccc(-c8ccccc8)cc7)c6)c5)cc4c(c1)c23. The Kier molecular flexibility index (Phi) is 5.45. The fourth-order valence-electron chi connectivity index (χ4n) is 6.89. The van der Waals surface area contributed by atoms with Crippen molar-refractivity contribution in [1.82, 2.24) is 4.40 Å². The van der Waals surface area contributed by atoms with Crippen LogP contribution in [0.1, 0.15) is 0 Å². The molecule has 0 aliphatic carbocycles. The molecular weight excluding hydrogens is 537 g/mol. The molecular formula is C42H26FN. The molecule has 0 bridgehead atoms. The monoisotopic (exact) mass is 563 g/mol. The van der Waals surface area contributed by atoms with Crippen LogP contribution in [0.5, 0.6) is 0 Å². The zero-order valence-electron chi connectivity index (χ0n) is 23.8. The van der Waals surface area contributed by atoms with E-state index < -0.39 is 0 Å². The molecule has 0 saturated carbocycles. The van der Waals surface area contributed by atoms with Gasteiger partial charge in [-0.25, -0.2) is 4.39 Å². The van der Waals surface area contributed by atoms with Crippen LogP contribution in [0.4, 0.5) is 4.39 Å². The van der Waals surface area contributed by atoms with Crippen molar-refractivity contribution in [1.29, 1.82) is 0 Å². The molecule has 7 aromatic carbocycles. The number of hydrogen-bond donors (Lipinski definition) is 0. The zero-order valence-corrected chi connectivity index (χ0v) is 23.8. The van der Waals surface area contributed by atoms with E-state index in [4.69, 9.17) is 0 Å². The van der Waals surface area contributed by atoms with Crippen molar-refractivity contribution in [2.24, 2.45) is 0 Å². The van der Waals surface area contributed by atoms with Gasteiger partial charge in [0.15, 0.2) is 0 Å². The van der Waals surface area contributed by atoms with E-state index in [0.29, 0.717) is 0 Å². The summed E-state index contributed by atoms with van der Waals surface area (Å²) < 4.78 is 17.2. The lowest BCUT2D eigenvalue weighted by molar-refractivity contribution is 0.631. The Labute approximate surface area is 254 Å². The fraction of sp³-hybridized carbons (Fsp3) is 0. The Balaban J connectivity index is 1.11. The molecule has 9 aromatic rings. The van der Waals surface area contributed by atoms with Gasteiger partial charge < -0.3 is 4.40 Å². The molecule has 206 valence electrons. The average molecular weight is 564 g/mol. The Bertz CT molecular complexity index is 2490. The van der Waals surface area contributed by atoms with Crippen molar-refractivity contribution in [2.75, 3.05) is 0 Å². The molecule has 0 atom stereocenters. The van der Waals surface area contributed by atoms with Gasteiger partial charge in [0.05, 0.1) is 16.6 Å². The van der Waals surface area contributed by atoms with Gasteiger partial charge in [-0.05, 0) is 87.0 Å². The molecule has 0 amide bonds. The molecule has 2 heteroatoms. The highest BCUT2D eigenvalue weighted by Crippen LogP contribution is 2.41. The van der Waals surface area contributed by atoms with E-state index in [2.05, 4.69) is 132 Å². The molecule has 0 radical (unpaired) electrons. The summed E-state index contributed by atoms with van der Waals surface area (Å²) in [7, 11) is 0. The summed E-state index contributed by atoms with van der Waals surface area (Å²) >= 11 is 0. The first-order valence-electron chi connectivity index (χ1n) is 15.0. The molecule has 0 saturated heterocycles. The maximum Gasteiger partial charge on any atom is 0.124 e. The number of rotatable bonds is 4. The fourth-order valence-corrected chi connectivity index (χ4v) is 6.89. The smallest absolute Gasteiger partial charge is 0.124 e. The highest BCUT2D eigenvalue weighted by atomic mass is 19.1. The Morgan fingerprint density at radius 1 is 0.318 bits per heavy atom. The van der Waals surface area contributed by atoms with E-state index in [1.807, 2.05) is 18.2 Å². The van der Waals surface area contributed by atoms with Gasteiger partial charge in [-0.1, -0.05) is 115 Å². The molecule has 0 spiro atoms. The standard InChI is InChI=1S/C42H26FN/c43-35-25-38-36-14-4-5-15-40(36)44-41-21-20-34(24-37(41)39(26-35)42(38)44)33-13-7-12-32(23-33)31-11-6-10-30(22-31)29-18-16-28(17-19-29)27-8-2-1-3-9-27/h1-26H. The van der Waals surface area contributed by atoms with Gasteiger partial charge >= 0.3 is 0 Å². The molecule has 0 aliphatic heterocycles. The lowest BCUT2D eigenvalue weighted by atomic mass is 9.95. The minimum absolute atomic E-state index is 0.203. The van der Waals surface area contributed by atoms with Gasteiger partial charge in [0.25, 0.3) is 0 Å². The zero-order chi connectivity index (χ0) is 29.2. The summed E-state index contributed by atoms with van der Waals surface area (Å²) in [5.41, 5.74) is 12.7. The average Bonchev–Trinajstić information content (AvgIpc) is 3.59. The molecule has 9 rings (SSSR count). The first-order chi connectivity index (χ1) is 21.7. The minimum atomic E-state index is -0.203. The van der Waals surface area contributed by atoms with Crippen LogP contribution in [0.15, 0.2) is 158 Å². The van der Waals surface area contributed by atoms with E-state index in [9.17, 15) is 4.39 Å². The van der Waals surface area contributed by atoms with Crippen molar-refractivity contribution >= 4 is 38.1 Å². The summed E-state index contributed by atoms with van der Waals surface area (Å²) in [5, 5.41) is 4.07. The van der Waals surface area contributed by atoms with Crippen LogP contribution < -0.4 is 0 Å².